The molecule has 0 aliphatic heterocycles. The normalized spacial score (nSPS) is 22.1. The summed E-state index contributed by atoms with van der Waals surface area (Å²) in [6.45, 7) is 6.69. The van der Waals surface area contributed by atoms with Gasteiger partial charge in [-0.3, -0.25) is 4.90 Å². The Morgan fingerprint density at radius 1 is 1.25 bits per heavy atom. The Bertz CT molecular complexity index is 234. The zero-order valence-corrected chi connectivity index (χ0v) is 10.4. The SMILES string of the molecule is C#CCNCC(C)N(CC1CC1)CC1CC1. The summed E-state index contributed by atoms with van der Waals surface area (Å²) in [7, 11) is 0. The zero-order chi connectivity index (χ0) is 11.4. The molecule has 0 aromatic heterocycles. The molecule has 90 valence electrons. The van der Waals surface area contributed by atoms with E-state index in [0.717, 1.165) is 18.4 Å². The summed E-state index contributed by atoms with van der Waals surface area (Å²) >= 11 is 0. The first-order valence-electron chi connectivity index (χ1n) is 6.68. The monoisotopic (exact) mass is 220 g/mol. The average Bonchev–Trinajstić information content (AvgIpc) is 3.11. The lowest BCUT2D eigenvalue weighted by Crippen LogP contribution is -2.42. The number of hydrogen-bond donors (Lipinski definition) is 1. The van der Waals surface area contributed by atoms with Crippen LogP contribution in [0.4, 0.5) is 0 Å². The van der Waals surface area contributed by atoms with E-state index in [4.69, 9.17) is 6.42 Å². The third-order valence-corrected chi connectivity index (χ3v) is 3.67. The highest BCUT2D eigenvalue weighted by atomic mass is 15.2. The maximum atomic E-state index is 5.25. The number of terminal acetylenes is 1. The lowest BCUT2D eigenvalue weighted by Gasteiger charge is -2.29. The van der Waals surface area contributed by atoms with Gasteiger partial charge in [-0.2, -0.15) is 0 Å². The molecule has 1 N–H and O–H groups in total. The Hall–Kier alpha value is -0.520. The molecule has 1 atom stereocenters. The molecule has 16 heavy (non-hydrogen) atoms. The largest absolute Gasteiger partial charge is 0.305 e. The fourth-order valence-electron chi connectivity index (χ4n) is 2.18. The van der Waals surface area contributed by atoms with Crippen LogP contribution in [-0.4, -0.2) is 37.1 Å². The topological polar surface area (TPSA) is 15.3 Å². The highest BCUT2D eigenvalue weighted by Gasteiger charge is 2.30. The first kappa shape index (κ1) is 12.0. The molecule has 1 unspecified atom stereocenters. The van der Waals surface area contributed by atoms with E-state index in [1.165, 1.54) is 38.8 Å². The van der Waals surface area contributed by atoms with Crippen LogP contribution in [0, 0.1) is 24.2 Å². The maximum absolute atomic E-state index is 5.25. The standard InChI is InChI=1S/C14H24N2/c1-3-8-15-9-12(2)16(10-13-4-5-13)11-14-6-7-14/h1,12-15H,4-11H2,2H3. The molecule has 0 heterocycles. The molecule has 2 aliphatic rings. The second kappa shape index (κ2) is 5.70. The molecule has 0 radical (unpaired) electrons. The maximum Gasteiger partial charge on any atom is 0.0574 e. The Morgan fingerprint density at radius 3 is 2.25 bits per heavy atom. The van der Waals surface area contributed by atoms with Crippen LogP contribution in [0.3, 0.4) is 0 Å². The molecule has 2 aliphatic carbocycles. The van der Waals surface area contributed by atoms with Crippen LogP contribution >= 0.6 is 0 Å². The second-order valence-corrected chi connectivity index (χ2v) is 5.52. The van der Waals surface area contributed by atoms with Crippen LogP contribution in [0.15, 0.2) is 0 Å². The molecule has 0 bridgehead atoms. The Labute approximate surface area is 99.8 Å². The van der Waals surface area contributed by atoms with E-state index in [2.05, 4.69) is 23.1 Å². The smallest absolute Gasteiger partial charge is 0.0574 e. The van der Waals surface area contributed by atoms with E-state index < -0.39 is 0 Å². The van der Waals surface area contributed by atoms with Crippen molar-refractivity contribution in [3.05, 3.63) is 0 Å². The summed E-state index contributed by atoms with van der Waals surface area (Å²) in [5.41, 5.74) is 0. The van der Waals surface area contributed by atoms with E-state index >= 15 is 0 Å². The van der Waals surface area contributed by atoms with E-state index in [0.29, 0.717) is 12.6 Å². The number of nitrogens with zero attached hydrogens (tertiary/aromatic N) is 1. The second-order valence-electron chi connectivity index (χ2n) is 5.52. The van der Waals surface area contributed by atoms with Gasteiger partial charge in [-0.1, -0.05) is 5.92 Å². The van der Waals surface area contributed by atoms with Crippen LogP contribution in [-0.2, 0) is 0 Å². The van der Waals surface area contributed by atoms with Gasteiger partial charge in [0.2, 0.25) is 0 Å². The predicted octanol–water partition coefficient (Wildman–Crippen LogP) is 1.72. The number of rotatable bonds is 8. The van der Waals surface area contributed by atoms with Gasteiger partial charge in [0, 0.05) is 25.7 Å². The summed E-state index contributed by atoms with van der Waals surface area (Å²) < 4.78 is 0. The molecule has 2 saturated carbocycles. The van der Waals surface area contributed by atoms with Crippen molar-refractivity contribution in [1.29, 1.82) is 0 Å². The fourth-order valence-corrected chi connectivity index (χ4v) is 2.18. The van der Waals surface area contributed by atoms with E-state index in [9.17, 15) is 0 Å². The summed E-state index contributed by atoms with van der Waals surface area (Å²) in [5.74, 6) is 4.63. The van der Waals surface area contributed by atoms with Crippen molar-refractivity contribution in [2.45, 2.75) is 38.6 Å². The van der Waals surface area contributed by atoms with Gasteiger partial charge in [0.05, 0.1) is 6.54 Å². The molecule has 0 aromatic rings. The van der Waals surface area contributed by atoms with Gasteiger partial charge >= 0.3 is 0 Å². The van der Waals surface area contributed by atoms with Gasteiger partial charge in [0.25, 0.3) is 0 Å². The molecule has 2 heteroatoms. The van der Waals surface area contributed by atoms with Crippen molar-refractivity contribution in [3.63, 3.8) is 0 Å². The quantitative estimate of drug-likeness (QED) is 0.495. The fraction of sp³-hybridized carbons (Fsp3) is 0.857. The average molecular weight is 220 g/mol. The van der Waals surface area contributed by atoms with Crippen LogP contribution in [0.1, 0.15) is 32.6 Å². The first-order chi connectivity index (χ1) is 7.79. The minimum atomic E-state index is 0.634. The molecule has 2 nitrogen and oxygen atoms in total. The van der Waals surface area contributed by atoms with Crippen molar-refractivity contribution in [2.24, 2.45) is 11.8 Å². The molecule has 0 saturated heterocycles. The molecule has 0 amide bonds. The Morgan fingerprint density at radius 2 is 1.81 bits per heavy atom. The molecule has 2 fully saturated rings. The summed E-state index contributed by atoms with van der Waals surface area (Å²) in [4.78, 5) is 2.68. The van der Waals surface area contributed by atoms with Crippen LogP contribution < -0.4 is 5.32 Å². The van der Waals surface area contributed by atoms with Crippen molar-refractivity contribution in [1.82, 2.24) is 10.2 Å². The number of nitrogens with one attached hydrogen (secondary N) is 1. The van der Waals surface area contributed by atoms with Gasteiger partial charge in [-0.05, 0) is 44.4 Å². The third kappa shape index (κ3) is 4.15. The van der Waals surface area contributed by atoms with Crippen molar-refractivity contribution in [2.75, 3.05) is 26.2 Å². The highest BCUT2D eigenvalue weighted by molar-refractivity contribution is 4.88. The molecular formula is C14H24N2. The van der Waals surface area contributed by atoms with Crippen LogP contribution in [0.2, 0.25) is 0 Å². The van der Waals surface area contributed by atoms with E-state index in [-0.39, 0.29) is 0 Å². The minimum absolute atomic E-state index is 0.634. The predicted molar refractivity (Wildman–Crippen MR) is 68.2 cm³/mol. The Balaban J connectivity index is 1.71. The lowest BCUT2D eigenvalue weighted by atomic mass is 10.2. The van der Waals surface area contributed by atoms with Gasteiger partial charge in [0.1, 0.15) is 0 Å². The van der Waals surface area contributed by atoms with Crippen molar-refractivity contribution >= 4 is 0 Å². The van der Waals surface area contributed by atoms with Crippen LogP contribution in [0.5, 0.6) is 0 Å². The lowest BCUT2D eigenvalue weighted by molar-refractivity contribution is 0.189. The molecule has 0 aromatic carbocycles. The van der Waals surface area contributed by atoms with E-state index in [1.807, 2.05) is 0 Å². The molecule has 2 rings (SSSR count). The van der Waals surface area contributed by atoms with Crippen molar-refractivity contribution < 1.29 is 0 Å². The summed E-state index contributed by atoms with van der Waals surface area (Å²) in [6, 6.07) is 0.634. The van der Waals surface area contributed by atoms with Crippen molar-refractivity contribution in [3.8, 4) is 12.3 Å². The highest BCUT2D eigenvalue weighted by Crippen LogP contribution is 2.34. The summed E-state index contributed by atoms with van der Waals surface area (Å²) in [5, 5.41) is 3.32. The Kier molecular flexibility index (Phi) is 4.26. The van der Waals surface area contributed by atoms with Gasteiger partial charge in [-0.25, -0.2) is 0 Å². The van der Waals surface area contributed by atoms with E-state index in [1.54, 1.807) is 0 Å². The summed E-state index contributed by atoms with van der Waals surface area (Å²) in [6.07, 6.45) is 11.0. The minimum Gasteiger partial charge on any atom is -0.305 e. The first-order valence-corrected chi connectivity index (χ1v) is 6.68. The molecular weight excluding hydrogens is 196 g/mol. The van der Waals surface area contributed by atoms with Gasteiger partial charge in [0.15, 0.2) is 0 Å². The van der Waals surface area contributed by atoms with Crippen LogP contribution in [0.25, 0.3) is 0 Å². The van der Waals surface area contributed by atoms with Gasteiger partial charge in [-0.15, -0.1) is 6.42 Å². The third-order valence-electron chi connectivity index (χ3n) is 3.67. The molecule has 0 spiro atoms. The number of hydrogen-bond acceptors (Lipinski definition) is 2. The zero-order valence-electron chi connectivity index (χ0n) is 10.4. The van der Waals surface area contributed by atoms with Gasteiger partial charge < -0.3 is 5.32 Å².